The fraction of sp³-hybridized carbons (Fsp3) is 0.600. The van der Waals surface area contributed by atoms with Crippen molar-refractivity contribution in [3.8, 4) is 0 Å². The summed E-state index contributed by atoms with van der Waals surface area (Å²) in [4.78, 5) is 48.1. The van der Waals surface area contributed by atoms with Crippen LogP contribution in [-0.2, 0) is 28.7 Å². The molecule has 0 radical (unpaired) electrons. The molecule has 172 valence electrons. The van der Waals surface area contributed by atoms with Gasteiger partial charge in [-0.15, -0.1) is 0 Å². The molecule has 0 spiro atoms. The van der Waals surface area contributed by atoms with E-state index in [2.05, 4.69) is 0 Å². The van der Waals surface area contributed by atoms with Gasteiger partial charge in [0.05, 0.1) is 0 Å². The first-order valence-corrected chi connectivity index (χ1v) is 11.1. The van der Waals surface area contributed by atoms with Gasteiger partial charge in [-0.25, -0.2) is 4.39 Å². The molecule has 7 heteroatoms. The first-order valence-electron chi connectivity index (χ1n) is 11.1. The van der Waals surface area contributed by atoms with E-state index in [1.807, 2.05) is 13.0 Å². The van der Waals surface area contributed by atoms with Crippen molar-refractivity contribution in [2.24, 2.45) is 22.7 Å². The predicted octanol–water partition coefficient (Wildman–Crippen LogP) is 3.60. The van der Waals surface area contributed by atoms with Crippen LogP contribution < -0.4 is 0 Å². The lowest BCUT2D eigenvalue weighted by Gasteiger charge is -2.62. The highest BCUT2D eigenvalue weighted by molar-refractivity contribution is 6.01. The molecule has 32 heavy (non-hydrogen) atoms. The van der Waals surface area contributed by atoms with Crippen LogP contribution in [0.15, 0.2) is 35.5 Å². The van der Waals surface area contributed by atoms with E-state index in [1.165, 1.54) is 26.0 Å². The molecule has 0 aromatic carbocycles. The third-order valence-electron chi connectivity index (χ3n) is 8.21. The summed E-state index contributed by atoms with van der Waals surface area (Å²) in [6, 6.07) is 0. The van der Waals surface area contributed by atoms with Crippen LogP contribution in [0, 0.1) is 22.7 Å². The molecule has 4 rings (SSSR count). The zero-order valence-corrected chi connectivity index (χ0v) is 18.9. The Morgan fingerprint density at radius 2 is 1.88 bits per heavy atom. The van der Waals surface area contributed by atoms with E-state index < -0.39 is 40.5 Å². The number of esters is 2. The number of Topliss-reactive ketones (excluding diaryl/α,β-unsaturated/α-hetero) is 1. The van der Waals surface area contributed by atoms with Crippen molar-refractivity contribution in [3.05, 3.63) is 35.5 Å². The van der Waals surface area contributed by atoms with Gasteiger partial charge in [0.2, 0.25) is 0 Å². The molecule has 0 unspecified atom stereocenters. The molecule has 0 amide bonds. The van der Waals surface area contributed by atoms with Crippen molar-refractivity contribution in [1.82, 2.24) is 0 Å². The van der Waals surface area contributed by atoms with Gasteiger partial charge in [-0.1, -0.05) is 24.6 Å². The van der Waals surface area contributed by atoms with Crippen LogP contribution in [0.25, 0.3) is 0 Å². The van der Waals surface area contributed by atoms with Crippen molar-refractivity contribution in [2.75, 3.05) is 6.61 Å². The number of hydrogen-bond donors (Lipinski definition) is 0. The third-order valence-corrected chi connectivity index (χ3v) is 8.21. The summed E-state index contributed by atoms with van der Waals surface area (Å²) < 4.78 is 28.0. The first-order chi connectivity index (χ1) is 14.9. The maximum Gasteiger partial charge on any atom is 0.303 e. The number of hydrogen-bond acceptors (Lipinski definition) is 6. The van der Waals surface area contributed by atoms with Crippen LogP contribution in [0.4, 0.5) is 4.39 Å². The number of rotatable bonds is 4. The molecular formula is C25H29FO6. The Morgan fingerprint density at radius 1 is 1.16 bits per heavy atom. The summed E-state index contributed by atoms with van der Waals surface area (Å²) in [6.45, 7) is 5.84. The van der Waals surface area contributed by atoms with E-state index >= 15 is 4.39 Å². The van der Waals surface area contributed by atoms with Crippen LogP contribution >= 0.6 is 0 Å². The van der Waals surface area contributed by atoms with Gasteiger partial charge in [-0.3, -0.25) is 19.2 Å². The number of halogens is 1. The van der Waals surface area contributed by atoms with Crippen molar-refractivity contribution < 1.29 is 33.0 Å². The van der Waals surface area contributed by atoms with Gasteiger partial charge in [0, 0.05) is 36.2 Å². The fourth-order valence-electron chi connectivity index (χ4n) is 6.75. The second-order valence-corrected chi connectivity index (χ2v) is 9.90. The first kappa shape index (κ1) is 22.6. The van der Waals surface area contributed by atoms with Crippen molar-refractivity contribution >= 4 is 23.5 Å². The number of fused-ring (bicyclic) bond motifs is 5. The maximum atomic E-state index is 17.4. The van der Waals surface area contributed by atoms with Gasteiger partial charge < -0.3 is 9.47 Å². The molecule has 6 atom stereocenters. The van der Waals surface area contributed by atoms with E-state index in [-0.39, 0.29) is 30.5 Å². The average Bonchev–Trinajstić information content (AvgIpc) is 3.04. The van der Waals surface area contributed by atoms with Gasteiger partial charge >= 0.3 is 11.9 Å². The number of alkyl halides is 1. The van der Waals surface area contributed by atoms with Crippen LogP contribution in [0.5, 0.6) is 0 Å². The molecule has 2 saturated carbocycles. The Balaban J connectivity index is 1.76. The summed E-state index contributed by atoms with van der Waals surface area (Å²) in [6.07, 6.45) is 7.03. The molecule has 2 fully saturated rings. The van der Waals surface area contributed by atoms with Crippen molar-refractivity contribution in [1.29, 1.82) is 0 Å². The Morgan fingerprint density at radius 3 is 2.53 bits per heavy atom. The van der Waals surface area contributed by atoms with Gasteiger partial charge in [0.25, 0.3) is 0 Å². The SMILES string of the molecule is CC(=O)OCC(=O)C1=CC[C@@H]2[C@H]3CCC4=CC(=O)C=C[C@]4(C)[C@]3(F)[C@H](OC(C)=O)C[C@@]12C. The maximum absolute atomic E-state index is 17.4. The smallest absolute Gasteiger partial charge is 0.303 e. The molecule has 0 bridgehead atoms. The molecule has 0 saturated heterocycles. The predicted molar refractivity (Wildman–Crippen MR) is 113 cm³/mol. The molecule has 0 aromatic rings. The van der Waals surface area contributed by atoms with E-state index in [0.717, 1.165) is 5.57 Å². The van der Waals surface area contributed by atoms with E-state index in [1.54, 1.807) is 13.0 Å². The summed E-state index contributed by atoms with van der Waals surface area (Å²) >= 11 is 0. The van der Waals surface area contributed by atoms with E-state index in [9.17, 15) is 19.2 Å². The lowest BCUT2D eigenvalue weighted by molar-refractivity contribution is -0.206. The fourth-order valence-corrected chi connectivity index (χ4v) is 6.75. The Kier molecular flexibility index (Phi) is 5.30. The van der Waals surface area contributed by atoms with Gasteiger partial charge in [-0.2, -0.15) is 0 Å². The van der Waals surface area contributed by atoms with Gasteiger partial charge in [-0.05, 0) is 50.7 Å². The minimum Gasteiger partial charge on any atom is -0.459 e. The van der Waals surface area contributed by atoms with Crippen molar-refractivity contribution in [3.63, 3.8) is 0 Å². The van der Waals surface area contributed by atoms with Crippen LogP contribution in [0.1, 0.15) is 53.4 Å². The van der Waals surface area contributed by atoms with Gasteiger partial charge in [0.1, 0.15) is 6.10 Å². The summed E-state index contributed by atoms with van der Waals surface area (Å²) in [5.74, 6) is -2.23. The minimum absolute atomic E-state index is 0.145. The lowest BCUT2D eigenvalue weighted by atomic mass is 9.45. The van der Waals surface area contributed by atoms with Crippen molar-refractivity contribution in [2.45, 2.75) is 65.2 Å². The topological polar surface area (TPSA) is 86.7 Å². The summed E-state index contributed by atoms with van der Waals surface area (Å²) in [5.41, 5.74) is -2.45. The summed E-state index contributed by atoms with van der Waals surface area (Å²) in [7, 11) is 0. The van der Waals surface area contributed by atoms with E-state index in [4.69, 9.17) is 9.47 Å². The minimum atomic E-state index is -1.91. The second kappa shape index (κ2) is 7.49. The lowest BCUT2D eigenvalue weighted by Crippen LogP contribution is -2.67. The van der Waals surface area contributed by atoms with Crippen LogP contribution in [-0.4, -0.2) is 41.9 Å². The highest BCUT2D eigenvalue weighted by atomic mass is 19.1. The highest BCUT2D eigenvalue weighted by Crippen LogP contribution is 2.68. The number of allylic oxidation sites excluding steroid dienone is 5. The van der Waals surface area contributed by atoms with Crippen LogP contribution in [0.2, 0.25) is 0 Å². The molecule has 4 aliphatic rings. The van der Waals surface area contributed by atoms with Crippen LogP contribution in [0.3, 0.4) is 0 Å². The quantitative estimate of drug-likeness (QED) is 0.616. The molecule has 0 aromatic heterocycles. The standard InChI is InChI=1S/C25H29FO6/c1-14(27)31-13-21(30)20-8-7-18-19-6-5-16-11-17(29)9-10-24(16,4)25(19,26)22(32-15(2)28)12-23(18,20)3/h8-11,18-19,22H,5-7,12-13H2,1-4H3/t18-,19-,22-,23-,24+,25-/m1/s1. The van der Waals surface area contributed by atoms with E-state index in [0.29, 0.717) is 24.8 Å². The molecule has 4 aliphatic carbocycles. The second-order valence-electron chi connectivity index (χ2n) is 9.90. The summed E-state index contributed by atoms with van der Waals surface area (Å²) in [5, 5.41) is 0. The normalized spacial score (nSPS) is 39.8. The average molecular weight is 444 g/mol. The molecular weight excluding hydrogens is 415 g/mol. The zero-order chi connectivity index (χ0) is 23.5. The molecule has 0 heterocycles. The Labute approximate surface area is 186 Å². The largest absolute Gasteiger partial charge is 0.459 e. The number of ether oxygens (including phenoxy) is 2. The number of carbonyl (C=O) groups excluding carboxylic acids is 4. The highest BCUT2D eigenvalue weighted by Gasteiger charge is 2.71. The third kappa shape index (κ3) is 3.11. The number of ketones is 2. The monoisotopic (exact) mass is 444 g/mol. The molecule has 6 nitrogen and oxygen atoms in total. The van der Waals surface area contributed by atoms with Gasteiger partial charge in [0.15, 0.2) is 23.8 Å². The zero-order valence-electron chi connectivity index (χ0n) is 18.9. The number of carbonyl (C=O) groups is 4. The Bertz CT molecular complexity index is 992. The molecule has 0 aliphatic heterocycles. The Hall–Kier alpha value is -2.57. The molecule has 0 N–H and O–H groups in total.